The van der Waals surface area contributed by atoms with E-state index in [1.54, 1.807) is 13.1 Å². The second-order valence-electron chi connectivity index (χ2n) is 2.41. The summed E-state index contributed by atoms with van der Waals surface area (Å²) in [5.41, 5.74) is 0. The molecule has 6 heteroatoms. The lowest BCUT2D eigenvalue weighted by Crippen LogP contribution is -2.16. The van der Waals surface area contributed by atoms with Crippen molar-refractivity contribution in [2.24, 2.45) is 9.98 Å². The summed E-state index contributed by atoms with van der Waals surface area (Å²) in [6.45, 7) is 2.52. The molecule has 0 aliphatic carbocycles. The average molecular weight is 164 g/mol. The van der Waals surface area contributed by atoms with Gasteiger partial charge in [-0.05, 0) is 12.1 Å². The van der Waals surface area contributed by atoms with Gasteiger partial charge in [0.15, 0.2) is 5.82 Å². The van der Waals surface area contributed by atoms with Crippen LogP contribution < -0.4 is 0 Å². The van der Waals surface area contributed by atoms with Crippen LogP contribution in [0.2, 0.25) is 0 Å². The quantitative estimate of drug-likeness (QED) is 0.526. The third-order valence-electron chi connectivity index (χ3n) is 1.41. The van der Waals surface area contributed by atoms with E-state index in [1.807, 2.05) is 0 Å². The van der Waals surface area contributed by atoms with Crippen molar-refractivity contribution in [1.82, 2.24) is 20.2 Å². The minimum absolute atomic E-state index is 0.516. The molecule has 1 aliphatic rings. The van der Waals surface area contributed by atoms with E-state index < -0.39 is 0 Å². The van der Waals surface area contributed by atoms with Gasteiger partial charge in [0.1, 0.15) is 0 Å². The number of rotatable bonds is 0. The lowest BCUT2D eigenvalue weighted by molar-refractivity contribution is 0.743. The van der Waals surface area contributed by atoms with Gasteiger partial charge in [0.25, 0.3) is 5.96 Å². The van der Waals surface area contributed by atoms with Gasteiger partial charge in [0.2, 0.25) is 0 Å². The minimum Gasteiger partial charge on any atom is -0.248 e. The van der Waals surface area contributed by atoms with Gasteiger partial charge in [-0.25, -0.2) is 9.98 Å². The number of hydrogen-bond acceptors (Lipinski definition) is 5. The number of hydrogen-bond donors (Lipinski definition) is 0. The molecule has 0 saturated heterocycles. The summed E-state index contributed by atoms with van der Waals surface area (Å²) in [6, 6.07) is 0. The van der Waals surface area contributed by atoms with Crippen LogP contribution in [0, 0.1) is 6.92 Å². The maximum atomic E-state index is 4.13. The van der Waals surface area contributed by atoms with Crippen LogP contribution in [-0.4, -0.2) is 38.9 Å². The van der Waals surface area contributed by atoms with E-state index in [2.05, 4.69) is 25.4 Å². The van der Waals surface area contributed by atoms with E-state index in [1.165, 1.54) is 4.80 Å². The Labute approximate surface area is 69.0 Å². The molecule has 0 N–H and O–H groups in total. The Morgan fingerprint density at radius 1 is 1.50 bits per heavy atom. The molecule has 0 aromatic carbocycles. The molecule has 6 nitrogen and oxygen atoms in total. The molecule has 1 aromatic rings. The molecule has 2 heterocycles. The zero-order valence-electron chi connectivity index (χ0n) is 6.67. The molecule has 1 aliphatic heterocycles. The van der Waals surface area contributed by atoms with Crippen molar-refractivity contribution in [3.63, 3.8) is 0 Å². The highest BCUT2D eigenvalue weighted by atomic mass is 15.6. The van der Waals surface area contributed by atoms with Crippen LogP contribution in [0.3, 0.4) is 0 Å². The molecular formula is C6H8N6. The van der Waals surface area contributed by atoms with Gasteiger partial charge in [-0.1, -0.05) is 4.80 Å². The van der Waals surface area contributed by atoms with Crippen LogP contribution in [0.5, 0.6) is 0 Å². The van der Waals surface area contributed by atoms with Crippen molar-refractivity contribution in [1.29, 1.82) is 0 Å². The number of aliphatic imine (C=N–C) groups is 2. The first-order valence-corrected chi connectivity index (χ1v) is 3.70. The van der Waals surface area contributed by atoms with Gasteiger partial charge in [-0.2, -0.15) is 0 Å². The Morgan fingerprint density at radius 2 is 2.42 bits per heavy atom. The van der Waals surface area contributed by atoms with Crippen molar-refractivity contribution < 1.29 is 0 Å². The molecule has 0 saturated carbocycles. The van der Waals surface area contributed by atoms with E-state index in [-0.39, 0.29) is 0 Å². The summed E-state index contributed by atoms with van der Waals surface area (Å²) in [5.74, 6) is 1.14. The molecular weight excluding hydrogens is 156 g/mol. The fourth-order valence-electron chi connectivity index (χ4n) is 0.893. The second-order valence-corrected chi connectivity index (χ2v) is 2.41. The summed E-state index contributed by atoms with van der Waals surface area (Å²) in [7, 11) is 0. The Kier molecular flexibility index (Phi) is 1.65. The predicted molar refractivity (Wildman–Crippen MR) is 43.4 cm³/mol. The van der Waals surface area contributed by atoms with Crippen molar-refractivity contribution in [3.8, 4) is 0 Å². The van der Waals surface area contributed by atoms with Gasteiger partial charge < -0.3 is 0 Å². The highest BCUT2D eigenvalue weighted by Crippen LogP contribution is 1.93. The minimum atomic E-state index is 0.516. The van der Waals surface area contributed by atoms with Crippen LogP contribution in [0.4, 0.5) is 0 Å². The van der Waals surface area contributed by atoms with Gasteiger partial charge in [0.05, 0.1) is 0 Å². The summed E-state index contributed by atoms with van der Waals surface area (Å²) in [6.07, 6.45) is 2.69. The van der Waals surface area contributed by atoms with E-state index in [4.69, 9.17) is 0 Å². The van der Waals surface area contributed by atoms with Gasteiger partial charge in [-0.3, -0.25) is 0 Å². The van der Waals surface area contributed by atoms with E-state index in [0.29, 0.717) is 11.8 Å². The second kappa shape index (κ2) is 2.80. The van der Waals surface area contributed by atoms with E-state index in [0.717, 1.165) is 13.0 Å². The van der Waals surface area contributed by atoms with E-state index in [9.17, 15) is 0 Å². The number of tetrazole rings is 1. The predicted octanol–water partition coefficient (Wildman–Crippen LogP) is -0.340. The SMILES string of the molecule is Cc1nnn(C2=NCCC=N2)n1. The normalized spacial score (nSPS) is 16.2. The first kappa shape index (κ1) is 7.08. The average Bonchev–Trinajstić information content (AvgIpc) is 2.54. The first-order chi connectivity index (χ1) is 5.86. The fourth-order valence-corrected chi connectivity index (χ4v) is 0.893. The lowest BCUT2D eigenvalue weighted by Gasteiger charge is -2.01. The lowest BCUT2D eigenvalue weighted by atomic mass is 10.4. The summed E-state index contributed by atoms with van der Waals surface area (Å²) >= 11 is 0. The maximum Gasteiger partial charge on any atom is 0.265 e. The zero-order valence-corrected chi connectivity index (χ0v) is 6.67. The largest absolute Gasteiger partial charge is 0.265 e. The molecule has 0 atom stereocenters. The number of nitrogens with zero attached hydrogens (tertiary/aromatic N) is 6. The Balaban J connectivity index is 2.30. The molecule has 0 bridgehead atoms. The summed E-state index contributed by atoms with van der Waals surface area (Å²) in [5, 5.41) is 11.5. The molecule has 0 spiro atoms. The van der Waals surface area contributed by atoms with Crippen LogP contribution >= 0.6 is 0 Å². The molecule has 62 valence electrons. The first-order valence-electron chi connectivity index (χ1n) is 3.70. The van der Waals surface area contributed by atoms with Crippen molar-refractivity contribution in [2.45, 2.75) is 13.3 Å². The summed E-state index contributed by atoms with van der Waals surface area (Å²) < 4.78 is 0. The van der Waals surface area contributed by atoms with Gasteiger partial charge in [0, 0.05) is 19.2 Å². The van der Waals surface area contributed by atoms with Crippen molar-refractivity contribution in [2.75, 3.05) is 6.54 Å². The number of aryl methyl sites for hydroxylation is 1. The van der Waals surface area contributed by atoms with Crippen LogP contribution in [-0.2, 0) is 0 Å². The monoisotopic (exact) mass is 164 g/mol. The maximum absolute atomic E-state index is 4.13. The third kappa shape index (κ3) is 1.23. The van der Waals surface area contributed by atoms with Gasteiger partial charge in [-0.15, -0.1) is 10.2 Å². The smallest absolute Gasteiger partial charge is 0.248 e. The van der Waals surface area contributed by atoms with Crippen LogP contribution in [0.25, 0.3) is 0 Å². The molecule has 1 aromatic heterocycles. The molecule has 0 unspecified atom stereocenters. The molecule has 12 heavy (non-hydrogen) atoms. The van der Waals surface area contributed by atoms with Crippen molar-refractivity contribution >= 4 is 12.2 Å². The van der Waals surface area contributed by atoms with Gasteiger partial charge >= 0.3 is 0 Å². The highest BCUT2D eigenvalue weighted by molar-refractivity contribution is 5.89. The Bertz CT molecular complexity index is 336. The topological polar surface area (TPSA) is 68.3 Å². The Morgan fingerprint density at radius 3 is 3.00 bits per heavy atom. The van der Waals surface area contributed by atoms with E-state index >= 15 is 0 Å². The molecule has 0 amide bonds. The fraction of sp³-hybridized carbons (Fsp3) is 0.500. The standard InChI is InChI=1S/C6H8N6/c1-5-9-11-12(10-5)6-7-3-2-4-8-6/h3H,2,4H2,1H3. The highest BCUT2D eigenvalue weighted by Gasteiger charge is 2.05. The zero-order chi connectivity index (χ0) is 8.39. The molecule has 0 radical (unpaired) electrons. The van der Waals surface area contributed by atoms with Crippen molar-refractivity contribution in [3.05, 3.63) is 5.82 Å². The molecule has 0 fully saturated rings. The molecule has 2 rings (SSSR count). The Hall–Kier alpha value is -1.59. The van der Waals surface area contributed by atoms with Crippen LogP contribution in [0.1, 0.15) is 12.2 Å². The number of aromatic nitrogens is 4. The van der Waals surface area contributed by atoms with Crippen LogP contribution in [0.15, 0.2) is 9.98 Å². The third-order valence-corrected chi connectivity index (χ3v) is 1.41. The summed E-state index contributed by atoms with van der Waals surface area (Å²) in [4.78, 5) is 9.50.